The highest BCUT2D eigenvalue weighted by molar-refractivity contribution is 14.0. The summed E-state index contributed by atoms with van der Waals surface area (Å²) in [6.07, 6.45) is 4.18. The molecule has 1 aromatic carbocycles. The second-order valence-electron chi connectivity index (χ2n) is 6.20. The minimum Gasteiger partial charge on any atom is -0.493 e. The van der Waals surface area contributed by atoms with Crippen molar-refractivity contribution in [2.75, 3.05) is 20.8 Å². The van der Waals surface area contributed by atoms with Crippen LogP contribution in [0.1, 0.15) is 31.7 Å². The number of nitrogens with one attached hydrogen (secondary N) is 2. The van der Waals surface area contributed by atoms with E-state index in [2.05, 4.69) is 15.6 Å². The van der Waals surface area contributed by atoms with Gasteiger partial charge in [0.15, 0.2) is 17.5 Å². The summed E-state index contributed by atoms with van der Waals surface area (Å²) in [5, 5.41) is 6.85. The first kappa shape index (κ1) is 20.1. The summed E-state index contributed by atoms with van der Waals surface area (Å²) in [7, 11) is 3.45. The van der Waals surface area contributed by atoms with E-state index in [4.69, 9.17) is 14.2 Å². The summed E-state index contributed by atoms with van der Waals surface area (Å²) in [4.78, 5) is 4.33. The van der Waals surface area contributed by atoms with Crippen LogP contribution in [0, 0.1) is 0 Å². The fourth-order valence-corrected chi connectivity index (χ4v) is 3.45. The van der Waals surface area contributed by atoms with Gasteiger partial charge in [0.05, 0.1) is 32.0 Å². The third-order valence-corrected chi connectivity index (χ3v) is 4.64. The molecule has 0 spiro atoms. The smallest absolute Gasteiger partial charge is 0.191 e. The Bertz CT molecular complexity index is 597. The van der Waals surface area contributed by atoms with E-state index in [0.29, 0.717) is 31.4 Å². The van der Waals surface area contributed by atoms with Crippen LogP contribution in [0.25, 0.3) is 0 Å². The normalized spacial score (nSPS) is 24.6. The number of halogens is 1. The van der Waals surface area contributed by atoms with Crippen molar-refractivity contribution < 1.29 is 14.2 Å². The molecule has 140 valence electrons. The van der Waals surface area contributed by atoms with Gasteiger partial charge in [-0.15, -0.1) is 24.0 Å². The van der Waals surface area contributed by atoms with Gasteiger partial charge in [-0.05, 0) is 43.9 Å². The quantitative estimate of drug-likeness (QED) is 0.388. The van der Waals surface area contributed by atoms with Gasteiger partial charge in [0.1, 0.15) is 0 Å². The summed E-state index contributed by atoms with van der Waals surface area (Å²) in [5.41, 5.74) is 1.12. The number of hydrogen-bond donors (Lipinski definition) is 2. The van der Waals surface area contributed by atoms with E-state index in [1.54, 1.807) is 14.2 Å². The van der Waals surface area contributed by atoms with Gasteiger partial charge in [0, 0.05) is 13.6 Å². The zero-order chi connectivity index (χ0) is 16.9. The van der Waals surface area contributed by atoms with Gasteiger partial charge in [0.25, 0.3) is 0 Å². The second kappa shape index (κ2) is 9.47. The number of rotatable bonds is 6. The van der Waals surface area contributed by atoms with Crippen molar-refractivity contribution in [1.82, 2.24) is 10.6 Å². The first-order chi connectivity index (χ1) is 11.7. The molecule has 0 saturated carbocycles. The lowest BCUT2D eigenvalue weighted by molar-refractivity contribution is 0.0992. The average Bonchev–Trinajstić information content (AvgIpc) is 3.22. The van der Waals surface area contributed by atoms with Crippen molar-refractivity contribution >= 4 is 29.9 Å². The van der Waals surface area contributed by atoms with Crippen molar-refractivity contribution in [3.05, 3.63) is 23.8 Å². The third-order valence-electron chi connectivity index (χ3n) is 4.64. The molecule has 2 aliphatic rings. The number of methoxy groups -OCH3 is 1. The number of ether oxygens (including phenoxy) is 3. The van der Waals surface area contributed by atoms with Gasteiger partial charge in [-0.1, -0.05) is 6.07 Å². The fourth-order valence-electron chi connectivity index (χ4n) is 3.45. The summed E-state index contributed by atoms with van der Waals surface area (Å²) in [5.74, 6) is 2.33. The van der Waals surface area contributed by atoms with Gasteiger partial charge >= 0.3 is 0 Å². The van der Waals surface area contributed by atoms with Crippen LogP contribution in [0.5, 0.6) is 11.5 Å². The maximum atomic E-state index is 5.89. The van der Waals surface area contributed by atoms with Gasteiger partial charge in [-0.3, -0.25) is 4.99 Å². The largest absolute Gasteiger partial charge is 0.493 e. The maximum Gasteiger partial charge on any atom is 0.191 e. The van der Waals surface area contributed by atoms with E-state index < -0.39 is 0 Å². The highest BCUT2D eigenvalue weighted by atomic mass is 127. The molecule has 2 N–H and O–H groups in total. The second-order valence-corrected chi connectivity index (χ2v) is 6.20. The van der Waals surface area contributed by atoms with Crippen molar-refractivity contribution in [2.45, 2.75) is 51.0 Å². The first-order valence-corrected chi connectivity index (χ1v) is 8.65. The predicted molar refractivity (Wildman–Crippen MR) is 109 cm³/mol. The third kappa shape index (κ3) is 4.91. The van der Waals surface area contributed by atoms with Crippen LogP contribution in [0.4, 0.5) is 0 Å². The number of benzene rings is 1. The molecule has 0 radical (unpaired) electrons. The van der Waals surface area contributed by atoms with Crippen molar-refractivity contribution in [2.24, 2.45) is 4.99 Å². The number of nitrogens with zero attached hydrogens (tertiary/aromatic N) is 1. The molecule has 6 nitrogen and oxygen atoms in total. The van der Waals surface area contributed by atoms with Crippen molar-refractivity contribution in [1.29, 1.82) is 0 Å². The Morgan fingerprint density at radius 2 is 2.16 bits per heavy atom. The zero-order valence-electron chi connectivity index (χ0n) is 15.1. The molecular weight excluding hydrogens is 433 g/mol. The topological polar surface area (TPSA) is 64.1 Å². The van der Waals surface area contributed by atoms with Gasteiger partial charge in [-0.25, -0.2) is 0 Å². The summed E-state index contributed by atoms with van der Waals surface area (Å²) >= 11 is 0. The predicted octanol–water partition coefficient (Wildman–Crippen LogP) is 2.70. The molecule has 0 aromatic heterocycles. The van der Waals surface area contributed by atoms with Crippen LogP contribution < -0.4 is 20.1 Å². The first-order valence-electron chi connectivity index (χ1n) is 8.65. The minimum atomic E-state index is 0. The van der Waals surface area contributed by atoms with E-state index in [0.717, 1.165) is 35.9 Å². The molecule has 7 heteroatoms. The van der Waals surface area contributed by atoms with Crippen LogP contribution in [0.2, 0.25) is 0 Å². The lowest BCUT2D eigenvalue weighted by Gasteiger charge is -2.22. The van der Waals surface area contributed by atoms with Gasteiger partial charge < -0.3 is 24.8 Å². The Labute approximate surface area is 166 Å². The standard InChI is InChI=1S/C18H27N3O3.HI/c1-4-23-17-9-12(5-7-16(17)22-3)11-20-18(19-2)21-14-10-13-6-8-15(14)24-13;/h5,7,9,13-15H,4,6,8,10-11H2,1-3H3,(H2,19,20,21);1H. The molecule has 2 fully saturated rings. The Kier molecular flexibility index (Phi) is 7.61. The number of guanidine groups is 1. The number of aliphatic imine (C=N–C) groups is 1. The molecule has 25 heavy (non-hydrogen) atoms. The molecule has 0 amide bonds. The van der Waals surface area contributed by atoms with Crippen LogP contribution in [0.15, 0.2) is 23.2 Å². The van der Waals surface area contributed by atoms with E-state index in [1.807, 2.05) is 25.1 Å². The Balaban J connectivity index is 0.00000225. The van der Waals surface area contributed by atoms with E-state index in [1.165, 1.54) is 6.42 Å². The minimum absolute atomic E-state index is 0. The molecule has 0 aliphatic carbocycles. The van der Waals surface area contributed by atoms with E-state index in [9.17, 15) is 0 Å². The number of fused-ring (bicyclic) bond motifs is 2. The lowest BCUT2D eigenvalue weighted by Crippen LogP contribution is -2.47. The van der Waals surface area contributed by atoms with Gasteiger partial charge in [-0.2, -0.15) is 0 Å². The molecule has 2 aliphatic heterocycles. The summed E-state index contributed by atoms with van der Waals surface area (Å²) < 4.78 is 16.8. The molecule has 3 unspecified atom stereocenters. The summed E-state index contributed by atoms with van der Waals surface area (Å²) in [6, 6.07) is 6.33. The van der Waals surface area contributed by atoms with Crippen LogP contribution in [-0.2, 0) is 11.3 Å². The molecule has 3 rings (SSSR count). The number of hydrogen-bond acceptors (Lipinski definition) is 4. The Morgan fingerprint density at radius 1 is 1.32 bits per heavy atom. The Hall–Kier alpha value is -1.22. The highest BCUT2D eigenvalue weighted by Crippen LogP contribution is 2.34. The van der Waals surface area contributed by atoms with E-state index >= 15 is 0 Å². The molecule has 1 aromatic rings. The molecule has 2 bridgehead atoms. The lowest BCUT2D eigenvalue weighted by atomic mass is 9.96. The van der Waals surface area contributed by atoms with Crippen LogP contribution >= 0.6 is 24.0 Å². The van der Waals surface area contributed by atoms with Crippen LogP contribution in [0.3, 0.4) is 0 Å². The molecule has 3 atom stereocenters. The average molecular weight is 461 g/mol. The molecule has 2 heterocycles. The van der Waals surface area contributed by atoms with E-state index in [-0.39, 0.29) is 24.0 Å². The Morgan fingerprint density at radius 3 is 2.76 bits per heavy atom. The summed E-state index contributed by atoms with van der Waals surface area (Å²) in [6.45, 7) is 3.25. The highest BCUT2D eigenvalue weighted by Gasteiger charge is 2.41. The van der Waals surface area contributed by atoms with Gasteiger partial charge in [0.2, 0.25) is 0 Å². The molecular formula is C18H28IN3O3. The fraction of sp³-hybridized carbons (Fsp3) is 0.611. The molecule has 2 saturated heterocycles. The SMILES string of the molecule is CCOc1cc(CNC(=NC)NC2CC3CCC2O3)ccc1OC.I. The zero-order valence-corrected chi connectivity index (χ0v) is 17.4. The van der Waals surface area contributed by atoms with Crippen LogP contribution in [-0.4, -0.2) is 45.0 Å². The van der Waals surface area contributed by atoms with Crippen molar-refractivity contribution in [3.8, 4) is 11.5 Å². The maximum absolute atomic E-state index is 5.89. The monoisotopic (exact) mass is 461 g/mol. The van der Waals surface area contributed by atoms with Crippen molar-refractivity contribution in [3.63, 3.8) is 0 Å².